The van der Waals surface area contributed by atoms with Crippen molar-refractivity contribution in [3.8, 4) is 0 Å². The van der Waals surface area contributed by atoms with Crippen molar-refractivity contribution >= 4 is 0 Å². The normalized spacial score (nSPS) is 58.6. The monoisotopic (exact) mass is 931 g/mol. The molecule has 0 unspecified atom stereocenters. The number of aliphatic hydroxyl groups is 11. The molecule has 25 atom stereocenters. The highest BCUT2D eigenvalue weighted by molar-refractivity contribution is 5.28. The molecular formula is C47H78O18. The Kier molecular flexibility index (Phi) is 12.9. The third-order valence-electron chi connectivity index (χ3n) is 20.3. The summed E-state index contributed by atoms with van der Waals surface area (Å²) in [4.78, 5) is 0. The Labute approximate surface area is 381 Å². The van der Waals surface area contributed by atoms with Crippen molar-refractivity contribution in [2.24, 2.45) is 50.2 Å². The van der Waals surface area contributed by atoms with Crippen LogP contribution in [0.1, 0.15) is 106 Å². The van der Waals surface area contributed by atoms with Gasteiger partial charge in [0.15, 0.2) is 18.9 Å². The lowest BCUT2D eigenvalue weighted by atomic mass is 9.30. The lowest BCUT2D eigenvalue weighted by Gasteiger charge is -2.75. The predicted molar refractivity (Wildman–Crippen MR) is 225 cm³/mol. The molecule has 9 aliphatic rings. The van der Waals surface area contributed by atoms with Gasteiger partial charge >= 0.3 is 0 Å². The predicted octanol–water partition coefficient (Wildman–Crippen LogP) is -0.563. The molecule has 374 valence electrons. The fourth-order valence-electron chi connectivity index (χ4n) is 16.2. The quantitative estimate of drug-likeness (QED) is 0.129. The first-order valence-electron chi connectivity index (χ1n) is 24.3. The van der Waals surface area contributed by atoms with Gasteiger partial charge in [0.25, 0.3) is 0 Å². The van der Waals surface area contributed by atoms with Gasteiger partial charge in [0.1, 0.15) is 67.1 Å². The second-order valence-corrected chi connectivity index (χ2v) is 23.7. The fraction of sp³-hybridized carbons (Fsp3) is 1.00. The molecular weight excluding hydrogens is 852 g/mol. The van der Waals surface area contributed by atoms with E-state index < -0.39 is 117 Å². The smallest absolute Gasteiger partial charge is 0.187 e. The van der Waals surface area contributed by atoms with Gasteiger partial charge in [-0.25, -0.2) is 0 Å². The standard InChI is InChI=1S/C47H78O18/c1-41(2)13-14-46-21-60-47(27(46)15-41)12-8-26-42(3)10-9-29(43(4,20-50)25(42)7-11-44(26,5)45(47,6)16-28(46)51)64-40-37(65-39-36(58)34(56)31(53)23(18-49)62-39)32(54)24(19-59-40)63-38-35(57)33(55)30(52)22(17-48)61-38/h22-40,48-58H,7-21H2,1-6H3/t22-,23-,24+,25-,26-,27-,28-,29+,30-,31-,32+,33+,34+,35-,36-,37-,38+,39+,40+,42+,43+,44-,45+,46-,47+/m1/s1. The molecule has 2 bridgehead atoms. The number of ether oxygens (including phenoxy) is 7. The van der Waals surface area contributed by atoms with Crippen LogP contribution in [-0.2, 0) is 33.2 Å². The van der Waals surface area contributed by atoms with E-state index in [2.05, 4.69) is 34.6 Å². The van der Waals surface area contributed by atoms with Gasteiger partial charge in [-0.15, -0.1) is 0 Å². The maximum absolute atomic E-state index is 12.2. The molecule has 0 aromatic heterocycles. The van der Waals surface area contributed by atoms with Gasteiger partial charge in [0.2, 0.25) is 0 Å². The molecule has 9 rings (SSSR count). The Morgan fingerprint density at radius 1 is 0.569 bits per heavy atom. The molecule has 5 saturated carbocycles. The summed E-state index contributed by atoms with van der Waals surface area (Å²) >= 11 is 0. The van der Waals surface area contributed by atoms with Gasteiger partial charge in [-0.2, -0.15) is 0 Å². The summed E-state index contributed by atoms with van der Waals surface area (Å²) in [6, 6.07) is 0. The van der Waals surface area contributed by atoms with Gasteiger partial charge in [0, 0.05) is 16.2 Å². The minimum absolute atomic E-state index is 0.0132. The zero-order valence-electron chi connectivity index (χ0n) is 38.9. The van der Waals surface area contributed by atoms with E-state index in [1.54, 1.807) is 0 Å². The molecule has 5 aliphatic carbocycles. The average molecular weight is 931 g/mol. The average Bonchev–Trinajstić information content (AvgIpc) is 3.55. The van der Waals surface area contributed by atoms with Crippen LogP contribution in [-0.4, -0.2) is 193 Å². The SMILES string of the molecule is CC1(C)CC[C@]23CO[C@@]4(CC[C@@H]5[C@@]6(C)CC[C@H](O[C@@H]7OC[C@H](O[C@@H]8O[C@H](CO)[C@@H](O)[C@H](O)[C@H]8O)[C@H](O)[C@H]7O[C@@H]7O[C@H](CO)[C@@H](O)[C@H](O)[C@H]7O)[C@@](C)(CO)[C@@H]6CC[C@@]5(C)[C@]4(C)C[C@H]2O)[C@@H]3C1. The van der Waals surface area contributed by atoms with Crippen molar-refractivity contribution in [2.75, 3.05) is 33.0 Å². The Bertz CT molecular complexity index is 1720. The maximum atomic E-state index is 12.2. The molecule has 4 heterocycles. The van der Waals surface area contributed by atoms with E-state index >= 15 is 0 Å². The van der Waals surface area contributed by atoms with E-state index in [-0.39, 0.29) is 63.6 Å². The number of aliphatic hydroxyl groups excluding tert-OH is 11. The summed E-state index contributed by atoms with van der Waals surface area (Å²) in [6.45, 7) is 12.6. The van der Waals surface area contributed by atoms with Crippen LogP contribution < -0.4 is 0 Å². The van der Waals surface area contributed by atoms with E-state index in [4.69, 9.17) is 33.2 Å². The molecule has 18 nitrogen and oxygen atoms in total. The van der Waals surface area contributed by atoms with Crippen molar-refractivity contribution < 1.29 is 89.3 Å². The molecule has 0 aromatic carbocycles. The second-order valence-electron chi connectivity index (χ2n) is 23.7. The molecule has 18 heteroatoms. The first kappa shape index (κ1) is 49.3. The Morgan fingerprint density at radius 3 is 1.80 bits per heavy atom. The highest BCUT2D eigenvalue weighted by Gasteiger charge is 2.80. The van der Waals surface area contributed by atoms with Crippen LogP contribution in [0.15, 0.2) is 0 Å². The van der Waals surface area contributed by atoms with E-state index in [1.165, 1.54) is 0 Å². The van der Waals surface area contributed by atoms with Crippen molar-refractivity contribution in [3.63, 3.8) is 0 Å². The van der Waals surface area contributed by atoms with Gasteiger partial charge in [-0.3, -0.25) is 0 Å². The van der Waals surface area contributed by atoms with E-state index in [9.17, 15) is 56.2 Å². The van der Waals surface area contributed by atoms with Gasteiger partial charge in [-0.1, -0.05) is 41.5 Å². The lowest BCUT2D eigenvalue weighted by molar-refractivity contribution is -0.383. The minimum Gasteiger partial charge on any atom is -0.396 e. The van der Waals surface area contributed by atoms with Crippen LogP contribution in [0.4, 0.5) is 0 Å². The summed E-state index contributed by atoms with van der Waals surface area (Å²) in [5.41, 5.74) is -1.86. The van der Waals surface area contributed by atoms with Crippen LogP contribution in [0.25, 0.3) is 0 Å². The van der Waals surface area contributed by atoms with Crippen molar-refractivity contribution in [1.82, 2.24) is 0 Å². The topological polar surface area (TPSA) is 287 Å². The Morgan fingerprint density at radius 2 is 1.18 bits per heavy atom. The minimum atomic E-state index is -1.85. The Hall–Kier alpha value is -0.720. The van der Waals surface area contributed by atoms with E-state index in [0.29, 0.717) is 19.4 Å². The molecule has 9 fully saturated rings. The molecule has 0 aromatic rings. The van der Waals surface area contributed by atoms with Crippen molar-refractivity contribution in [3.05, 3.63) is 0 Å². The zero-order chi connectivity index (χ0) is 47.0. The first-order valence-corrected chi connectivity index (χ1v) is 24.3. The van der Waals surface area contributed by atoms with E-state index in [1.807, 2.05) is 6.92 Å². The zero-order valence-corrected chi connectivity index (χ0v) is 38.9. The molecule has 0 radical (unpaired) electrons. The molecule has 65 heavy (non-hydrogen) atoms. The van der Waals surface area contributed by atoms with Gasteiger partial charge < -0.3 is 89.3 Å². The number of hydrogen-bond acceptors (Lipinski definition) is 18. The first-order chi connectivity index (χ1) is 30.5. The van der Waals surface area contributed by atoms with Crippen LogP contribution in [0, 0.1) is 50.2 Å². The number of rotatable bonds is 9. The van der Waals surface area contributed by atoms with Crippen LogP contribution >= 0.6 is 0 Å². The summed E-state index contributed by atoms with van der Waals surface area (Å²) in [7, 11) is 0. The molecule has 4 saturated heterocycles. The van der Waals surface area contributed by atoms with Crippen molar-refractivity contribution in [2.45, 2.75) is 210 Å². The van der Waals surface area contributed by atoms with E-state index in [0.717, 1.165) is 51.4 Å². The molecule has 11 N–H and O–H groups in total. The number of fused-ring (bicyclic) bond motifs is 4. The molecule has 1 spiro atoms. The highest BCUT2D eigenvalue weighted by atomic mass is 16.8. The molecule has 0 amide bonds. The fourth-order valence-corrected chi connectivity index (χ4v) is 16.2. The van der Waals surface area contributed by atoms with Crippen LogP contribution in [0.5, 0.6) is 0 Å². The molecule has 4 aliphatic heterocycles. The summed E-state index contributed by atoms with van der Waals surface area (Å²) in [5, 5.41) is 119. The highest BCUT2D eigenvalue weighted by Crippen LogP contribution is 2.80. The van der Waals surface area contributed by atoms with Gasteiger partial charge in [-0.05, 0) is 98.2 Å². The summed E-state index contributed by atoms with van der Waals surface area (Å²) in [6.07, 6.45) is -15.0. The van der Waals surface area contributed by atoms with Gasteiger partial charge in [0.05, 0.1) is 50.8 Å². The van der Waals surface area contributed by atoms with Crippen LogP contribution in [0.3, 0.4) is 0 Å². The van der Waals surface area contributed by atoms with Crippen LogP contribution in [0.2, 0.25) is 0 Å². The lowest BCUT2D eigenvalue weighted by Crippen LogP contribution is -2.74. The third kappa shape index (κ3) is 7.07. The Balaban J connectivity index is 0.976. The van der Waals surface area contributed by atoms with Crippen molar-refractivity contribution in [1.29, 1.82) is 0 Å². The summed E-state index contributed by atoms with van der Waals surface area (Å²) < 4.78 is 43.6. The largest absolute Gasteiger partial charge is 0.396 e. The third-order valence-corrected chi connectivity index (χ3v) is 20.3. The maximum Gasteiger partial charge on any atom is 0.187 e. The number of hydrogen-bond donors (Lipinski definition) is 11. The second kappa shape index (κ2) is 17.0. The summed E-state index contributed by atoms with van der Waals surface area (Å²) in [5.74, 6) is 0.529.